The van der Waals surface area contributed by atoms with Crippen molar-refractivity contribution in [3.63, 3.8) is 0 Å². The topological polar surface area (TPSA) is 72.9 Å². The Labute approximate surface area is 187 Å². The molecular weight excluding hydrogens is 418 g/mol. The molecule has 1 atom stereocenters. The number of rotatable bonds is 7. The first-order valence-corrected chi connectivity index (χ1v) is 11.0. The van der Waals surface area contributed by atoms with Gasteiger partial charge >= 0.3 is 0 Å². The predicted octanol–water partition coefficient (Wildman–Crippen LogP) is 2.95. The van der Waals surface area contributed by atoms with Gasteiger partial charge in [-0.2, -0.15) is 0 Å². The van der Waals surface area contributed by atoms with Crippen molar-refractivity contribution >= 4 is 17.5 Å². The van der Waals surface area contributed by atoms with E-state index in [1.807, 2.05) is 18.2 Å². The van der Waals surface area contributed by atoms with Gasteiger partial charge in [0.1, 0.15) is 12.7 Å². The van der Waals surface area contributed by atoms with E-state index in [-0.39, 0.29) is 18.4 Å². The summed E-state index contributed by atoms with van der Waals surface area (Å²) in [4.78, 5) is 18.9. The highest BCUT2D eigenvalue weighted by Gasteiger charge is 2.26. The van der Waals surface area contributed by atoms with E-state index in [9.17, 15) is 4.79 Å². The van der Waals surface area contributed by atoms with Crippen molar-refractivity contribution < 1.29 is 19.0 Å². The van der Waals surface area contributed by atoms with Crippen molar-refractivity contribution in [3.05, 3.63) is 47.1 Å². The summed E-state index contributed by atoms with van der Waals surface area (Å²) in [5.74, 6) is 2.45. The first-order valence-electron chi connectivity index (χ1n) is 10.7. The maximum atomic E-state index is 12.3. The number of aromatic nitrogens is 1. The minimum absolute atomic E-state index is 0.00110. The zero-order valence-electron chi connectivity index (χ0n) is 17.7. The minimum Gasteiger partial charge on any atom is -0.486 e. The third-order valence-corrected chi connectivity index (χ3v) is 6.01. The van der Waals surface area contributed by atoms with Gasteiger partial charge in [-0.1, -0.05) is 17.7 Å². The summed E-state index contributed by atoms with van der Waals surface area (Å²) in [6, 6.07) is 9.14. The summed E-state index contributed by atoms with van der Waals surface area (Å²) >= 11 is 6.06. The van der Waals surface area contributed by atoms with Gasteiger partial charge in [-0.05, 0) is 50.0 Å². The number of nitrogens with zero attached hydrogens (tertiary/aromatic N) is 2. The Hall–Kier alpha value is -2.51. The molecule has 0 aliphatic carbocycles. The number of piperidine rings is 1. The third-order valence-electron chi connectivity index (χ3n) is 5.78. The Balaban J connectivity index is 1.18. The number of hydrogen-bond acceptors (Lipinski definition) is 6. The largest absolute Gasteiger partial charge is 0.486 e. The SMILES string of the molecule is COc1ncccc1CC(=O)NCC1CCN(CC2COc3ccc(Cl)cc3O2)CC1. The van der Waals surface area contributed by atoms with Crippen molar-refractivity contribution in [2.45, 2.75) is 25.4 Å². The molecular formula is C23H28ClN3O4. The second kappa shape index (κ2) is 10.2. The number of halogens is 1. The minimum atomic E-state index is -0.00307. The average Bonchev–Trinajstić information content (AvgIpc) is 2.79. The van der Waals surface area contributed by atoms with Crippen LogP contribution in [0, 0.1) is 5.92 Å². The molecule has 1 unspecified atom stereocenters. The standard InChI is InChI=1S/C23H28ClN3O4/c1-29-23-17(3-2-8-25-23)11-22(28)26-13-16-6-9-27(10-7-16)14-19-15-30-20-5-4-18(24)12-21(20)31-19/h2-5,8,12,16,19H,6-7,9-11,13-15H2,1H3,(H,26,28). The molecule has 4 rings (SSSR count). The van der Waals surface area contributed by atoms with Gasteiger partial charge in [0.05, 0.1) is 13.5 Å². The maximum absolute atomic E-state index is 12.3. The summed E-state index contributed by atoms with van der Waals surface area (Å²) in [5, 5.41) is 3.71. The highest BCUT2D eigenvalue weighted by atomic mass is 35.5. The van der Waals surface area contributed by atoms with Crippen molar-refractivity contribution in [1.82, 2.24) is 15.2 Å². The molecule has 31 heavy (non-hydrogen) atoms. The number of nitrogens with one attached hydrogen (secondary N) is 1. The van der Waals surface area contributed by atoms with Gasteiger partial charge in [-0.25, -0.2) is 4.98 Å². The number of hydrogen-bond donors (Lipinski definition) is 1. The normalized spacial score (nSPS) is 19.1. The van der Waals surface area contributed by atoms with Crippen LogP contribution in [0.5, 0.6) is 17.4 Å². The molecule has 166 valence electrons. The molecule has 0 bridgehead atoms. The van der Waals surface area contributed by atoms with E-state index in [1.165, 1.54) is 0 Å². The lowest BCUT2D eigenvalue weighted by Gasteiger charge is -2.35. The molecule has 1 aromatic heterocycles. The first-order chi connectivity index (χ1) is 15.1. The Morgan fingerprint density at radius 3 is 2.94 bits per heavy atom. The molecule has 0 radical (unpaired) electrons. The molecule has 1 N–H and O–H groups in total. The summed E-state index contributed by atoms with van der Waals surface area (Å²) < 4.78 is 17.1. The van der Waals surface area contributed by atoms with Crippen LogP contribution >= 0.6 is 11.6 Å². The molecule has 1 saturated heterocycles. The molecule has 2 aliphatic rings. The number of amides is 1. The molecule has 1 amide bonds. The molecule has 2 aromatic rings. The third kappa shape index (κ3) is 5.80. The van der Waals surface area contributed by atoms with Crippen molar-refractivity contribution in [1.29, 1.82) is 0 Å². The van der Waals surface area contributed by atoms with E-state index < -0.39 is 0 Å². The van der Waals surface area contributed by atoms with Gasteiger partial charge in [0.15, 0.2) is 11.5 Å². The van der Waals surface area contributed by atoms with Crippen molar-refractivity contribution in [2.75, 3.05) is 39.9 Å². The van der Waals surface area contributed by atoms with Gasteiger partial charge in [0.25, 0.3) is 0 Å². The number of carbonyl (C=O) groups excluding carboxylic acids is 1. The van der Waals surface area contributed by atoms with E-state index in [0.717, 1.165) is 43.8 Å². The molecule has 7 nitrogen and oxygen atoms in total. The highest BCUT2D eigenvalue weighted by molar-refractivity contribution is 6.30. The quantitative estimate of drug-likeness (QED) is 0.706. The van der Waals surface area contributed by atoms with Crippen molar-refractivity contribution in [3.8, 4) is 17.4 Å². The van der Waals surface area contributed by atoms with Crippen LogP contribution in [0.2, 0.25) is 5.02 Å². The van der Waals surface area contributed by atoms with E-state index in [4.69, 9.17) is 25.8 Å². The maximum Gasteiger partial charge on any atom is 0.224 e. The second-order valence-electron chi connectivity index (χ2n) is 8.04. The van der Waals surface area contributed by atoms with Crippen LogP contribution in [0.4, 0.5) is 0 Å². The van der Waals surface area contributed by atoms with E-state index in [1.54, 1.807) is 25.4 Å². The van der Waals surface area contributed by atoms with Crippen molar-refractivity contribution in [2.24, 2.45) is 5.92 Å². The van der Waals surface area contributed by atoms with Crippen LogP contribution in [0.25, 0.3) is 0 Å². The number of benzene rings is 1. The number of methoxy groups -OCH3 is 1. The fourth-order valence-electron chi connectivity index (χ4n) is 4.08. The Morgan fingerprint density at radius 1 is 1.29 bits per heavy atom. The fourth-order valence-corrected chi connectivity index (χ4v) is 4.24. The molecule has 0 saturated carbocycles. The number of likely N-dealkylation sites (tertiary alicyclic amines) is 1. The van der Waals surface area contributed by atoms with E-state index in [2.05, 4.69) is 15.2 Å². The molecule has 2 aliphatic heterocycles. The lowest BCUT2D eigenvalue weighted by atomic mass is 9.96. The van der Waals surface area contributed by atoms with Crippen LogP contribution in [0.15, 0.2) is 36.5 Å². The summed E-state index contributed by atoms with van der Waals surface area (Å²) in [6.45, 7) is 4.04. The molecule has 0 spiro atoms. The predicted molar refractivity (Wildman–Crippen MR) is 118 cm³/mol. The number of carbonyl (C=O) groups is 1. The summed E-state index contributed by atoms with van der Waals surface area (Å²) in [5.41, 5.74) is 0.801. The molecule has 1 fully saturated rings. The monoisotopic (exact) mass is 445 g/mol. The average molecular weight is 446 g/mol. The number of ether oxygens (including phenoxy) is 3. The molecule has 3 heterocycles. The highest BCUT2D eigenvalue weighted by Crippen LogP contribution is 2.34. The molecule has 1 aromatic carbocycles. The van der Waals surface area contributed by atoms with Crippen LogP contribution in [0.1, 0.15) is 18.4 Å². The zero-order chi connectivity index (χ0) is 21.6. The lowest BCUT2D eigenvalue weighted by molar-refractivity contribution is -0.120. The van der Waals surface area contributed by atoms with Crippen LogP contribution in [-0.2, 0) is 11.2 Å². The van der Waals surface area contributed by atoms with Crippen LogP contribution in [0.3, 0.4) is 0 Å². The molecule has 8 heteroatoms. The Morgan fingerprint density at radius 2 is 2.13 bits per heavy atom. The van der Waals surface area contributed by atoms with Gasteiger partial charge in [0.2, 0.25) is 11.8 Å². The van der Waals surface area contributed by atoms with Gasteiger partial charge in [-0.15, -0.1) is 0 Å². The zero-order valence-corrected chi connectivity index (χ0v) is 18.4. The number of pyridine rings is 1. The van der Waals surface area contributed by atoms with E-state index in [0.29, 0.717) is 35.7 Å². The number of fused-ring (bicyclic) bond motifs is 1. The van der Waals surface area contributed by atoms with Gasteiger partial charge in [0, 0.05) is 35.9 Å². The summed E-state index contributed by atoms with van der Waals surface area (Å²) in [7, 11) is 1.57. The lowest BCUT2D eigenvalue weighted by Crippen LogP contribution is -2.45. The van der Waals surface area contributed by atoms with Crippen LogP contribution in [-0.4, -0.2) is 61.8 Å². The van der Waals surface area contributed by atoms with E-state index >= 15 is 0 Å². The smallest absolute Gasteiger partial charge is 0.224 e. The Kier molecular flexibility index (Phi) is 7.14. The second-order valence-corrected chi connectivity index (χ2v) is 8.47. The Bertz CT molecular complexity index is 902. The van der Waals surface area contributed by atoms with Gasteiger partial charge in [-0.3, -0.25) is 9.69 Å². The van der Waals surface area contributed by atoms with Gasteiger partial charge < -0.3 is 19.5 Å². The first kappa shape index (κ1) is 21.7. The fraction of sp³-hybridized carbons (Fsp3) is 0.478. The summed E-state index contributed by atoms with van der Waals surface area (Å²) in [6.07, 6.45) is 4.03. The van der Waals surface area contributed by atoms with Crippen LogP contribution < -0.4 is 19.5 Å².